The van der Waals surface area contributed by atoms with Gasteiger partial charge in [-0.1, -0.05) is 39.8 Å². The van der Waals surface area contributed by atoms with E-state index >= 15 is 0 Å². The van der Waals surface area contributed by atoms with E-state index in [2.05, 4.69) is 25.3 Å². The van der Waals surface area contributed by atoms with Crippen molar-refractivity contribution >= 4 is 45.0 Å². The van der Waals surface area contributed by atoms with Crippen LogP contribution in [-0.4, -0.2) is 20.9 Å². The standard InChI is InChI=1S/C10H7BrN2OS2/c11-8-3-1-2-7(4-8)9(14)5-15-10-12-6-13-16-10/h1-4,6H,5H2. The van der Waals surface area contributed by atoms with Crippen LogP contribution in [0.3, 0.4) is 0 Å². The summed E-state index contributed by atoms with van der Waals surface area (Å²) < 4.78 is 5.62. The highest BCUT2D eigenvalue weighted by molar-refractivity contribution is 9.10. The smallest absolute Gasteiger partial charge is 0.173 e. The molecular weight excluding hydrogens is 308 g/mol. The second-order valence-corrected chi connectivity index (χ2v) is 5.85. The van der Waals surface area contributed by atoms with Crippen LogP contribution in [0.15, 0.2) is 39.4 Å². The van der Waals surface area contributed by atoms with E-state index in [0.29, 0.717) is 11.3 Å². The lowest BCUT2D eigenvalue weighted by Gasteiger charge is -1.99. The molecule has 1 heterocycles. The van der Waals surface area contributed by atoms with Crippen LogP contribution in [0.25, 0.3) is 0 Å². The lowest BCUT2D eigenvalue weighted by molar-refractivity contribution is 0.102. The summed E-state index contributed by atoms with van der Waals surface area (Å²) in [5, 5.41) is 0. The molecule has 0 aliphatic heterocycles. The average molecular weight is 315 g/mol. The summed E-state index contributed by atoms with van der Waals surface area (Å²) in [6, 6.07) is 7.39. The molecule has 0 unspecified atom stereocenters. The van der Waals surface area contributed by atoms with Crippen LogP contribution in [0, 0.1) is 0 Å². The van der Waals surface area contributed by atoms with Gasteiger partial charge in [0.25, 0.3) is 0 Å². The third kappa shape index (κ3) is 3.13. The van der Waals surface area contributed by atoms with Gasteiger partial charge in [-0.05, 0) is 23.7 Å². The van der Waals surface area contributed by atoms with Gasteiger partial charge in [-0.25, -0.2) is 4.98 Å². The number of hydrogen-bond acceptors (Lipinski definition) is 5. The molecule has 0 atom stereocenters. The first-order chi connectivity index (χ1) is 7.75. The SMILES string of the molecule is O=C(CSc1ncns1)c1cccc(Br)c1. The number of carbonyl (C=O) groups excluding carboxylic acids is 1. The molecule has 2 rings (SSSR count). The summed E-state index contributed by atoms with van der Waals surface area (Å²) in [7, 11) is 0. The maximum absolute atomic E-state index is 11.8. The minimum Gasteiger partial charge on any atom is -0.293 e. The average Bonchev–Trinajstić information content (AvgIpc) is 2.78. The fourth-order valence-electron chi connectivity index (χ4n) is 1.10. The molecule has 1 aromatic carbocycles. The van der Waals surface area contributed by atoms with E-state index in [1.807, 2.05) is 24.3 Å². The van der Waals surface area contributed by atoms with Crippen LogP contribution >= 0.6 is 39.2 Å². The van der Waals surface area contributed by atoms with E-state index < -0.39 is 0 Å². The minimum atomic E-state index is 0.0986. The number of thioether (sulfide) groups is 1. The third-order valence-electron chi connectivity index (χ3n) is 1.81. The molecular formula is C10H7BrN2OS2. The van der Waals surface area contributed by atoms with Crippen molar-refractivity contribution in [3.05, 3.63) is 40.6 Å². The van der Waals surface area contributed by atoms with Crippen molar-refractivity contribution in [2.45, 2.75) is 4.34 Å². The predicted octanol–water partition coefficient (Wildman–Crippen LogP) is 3.28. The molecule has 82 valence electrons. The Morgan fingerprint density at radius 3 is 3.06 bits per heavy atom. The van der Waals surface area contributed by atoms with Gasteiger partial charge in [0.2, 0.25) is 0 Å². The zero-order valence-corrected chi connectivity index (χ0v) is 11.3. The Morgan fingerprint density at radius 1 is 1.50 bits per heavy atom. The van der Waals surface area contributed by atoms with E-state index in [4.69, 9.17) is 0 Å². The molecule has 0 N–H and O–H groups in total. The third-order valence-corrected chi connectivity index (χ3v) is 4.10. The quantitative estimate of drug-likeness (QED) is 0.641. The minimum absolute atomic E-state index is 0.0986. The van der Waals surface area contributed by atoms with E-state index in [1.165, 1.54) is 29.6 Å². The van der Waals surface area contributed by atoms with Crippen LogP contribution in [0.5, 0.6) is 0 Å². The highest BCUT2D eigenvalue weighted by Crippen LogP contribution is 2.20. The molecule has 0 aliphatic rings. The summed E-state index contributed by atoms with van der Waals surface area (Å²) in [6.07, 6.45) is 1.50. The molecule has 0 amide bonds. The van der Waals surface area contributed by atoms with Crippen molar-refractivity contribution in [1.82, 2.24) is 9.36 Å². The monoisotopic (exact) mass is 314 g/mol. The molecule has 0 fully saturated rings. The number of benzene rings is 1. The highest BCUT2D eigenvalue weighted by Gasteiger charge is 2.08. The molecule has 2 aromatic rings. The highest BCUT2D eigenvalue weighted by atomic mass is 79.9. The summed E-state index contributed by atoms with van der Waals surface area (Å²) in [6.45, 7) is 0. The number of aromatic nitrogens is 2. The summed E-state index contributed by atoms with van der Waals surface area (Å²) in [5.74, 6) is 0.493. The normalized spacial score (nSPS) is 10.3. The molecule has 16 heavy (non-hydrogen) atoms. The van der Waals surface area contributed by atoms with Gasteiger partial charge in [0.15, 0.2) is 10.1 Å². The molecule has 6 heteroatoms. The predicted molar refractivity (Wildman–Crippen MR) is 69.1 cm³/mol. The van der Waals surface area contributed by atoms with Crippen LogP contribution in [0.1, 0.15) is 10.4 Å². The van der Waals surface area contributed by atoms with Gasteiger partial charge in [-0.2, -0.15) is 4.37 Å². The van der Waals surface area contributed by atoms with Crippen LogP contribution in [-0.2, 0) is 0 Å². The van der Waals surface area contributed by atoms with Gasteiger partial charge in [-0.15, -0.1) is 0 Å². The van der Waals surface area contributed by atoms with E-state index in [0.717, 1.165) is 8.81 Å². The number of carbonyl (C=O) groups is 1. The van der Waals surface area contributed by atoms with Gasteiger partial charge in [0.1, 0.15) is 6.33 Å². The first-order valence-corrected chi connectivity index (χ1v) is 6.99. The molecule has 0 radical (unpaired) electrons. The fourth-order valence-corrected chi connectivity index (χ4v) is 2.84. The van der Waals surface area contributed by atoms with Crippen molar-refractivity contribution < 1.29 is 4.79 Å². The lowest BCUT2D eigenvalue weighted by Crippen LogP contribution is -2.01. The van der Waals surface area contributed by atoms with Gasteiger partial charge in [0.05, 0.1) is 5.75 Å². The summed E-state index contributed by atoms with van der Waals surface area (Å²) >= 11 is 6.06. The van der Waals surface area contributed by atoms with Crippen molar-refractivity contribution in [2.24, 2.45) is 0 Å². The fraction of sp³-hybridized carbons (Fsp3) is 0.100. The second-order valence-electron chi connectivity index (χ2n) is 2.93. The Balaban J connectivity index is 1.98. The molecule has 0 bridgehead atoms. The number of halogens is 1. The van der Waals surface area contributed by atoms with E-state index in [-0.39, 0.29) is 5.78 Å². The van der Waals surface area contributed by atoms with Crippen LogP contribution in [0.2, 0.25) is 0 Å². The zero-order valence-electron chi connectivity index (χ0n) is 8.09. The van der Waals surface area contributed by atoms with Crippen molar-refractivity contribution in [2.75, 3.05) is 5.75 Å². The molecule has 0 aliphatic carbocycles. The largest absolute Gasteiger partial charge is 0.293 e. The molecule has 0 spiro atoms. The van der Waals surface area contributed by atoms with Crippen molar-refractivity contribution in [1.29, 1.82) is 0 Å². The Labute approximate surface area is 110 Å². The van der Waals surface area contributed by atoms with E-state index in [1.54, 1.807) is 0 Å². The second kappa shape index (κ2) is 5.56. The Kier molecular flexibility index (Phi) is 4.09. The van der Waals surface area contributed by atoms with Crippen LogP contribution < -0.4 is 0 Å². The van der Waals surface area contributed by atoms with Crippen molar-refractivity contribution in [3.8, 4) is 0 Å². The molecule has 0 saturated heterocycles. The van der Waals surface area contributed by atoms with Gasteiger partial charge < -0.3 is 0 Å². The van der Waals surface area contributed by atoms with E-state index in [9.17, 15) is 4.79 Å². The maximum Gasteiger partial charge on any atom is 0.173 e. The topological polar surface area (TPSA) is 42.9 Å². The number of hydrogen-bond donors (Lipinski definition) is 0. The number of Topliss-reactive ketones (excluding diaryl/α,β-unsaturated/α-hetero) is 1. The number of ketones is 1. The summed E-state index contributed by atoms with van der Waals surface area (Å²) in [4.78, 5) is 15.8. The van der Waals surface area contributed by atoms with Crippen LogP contribution in [0.4, 0.5) is 0 Å². The Morgan fingerprint density at radius 2 is 2.38 bits per heavy atom. The maximum atomic E-state index is 11.8. The Hall–Kier alpha value is -0.720. The first kappa shape index (κ1) is 11.8. The Bertz CT molecular complexity index is 487. The van der Waals surface area contributed by atoms with Crippen molar-refractivity contribution in [3.63, 3.8) is 0 Å². The van der Waals surface area contributed by atoms with Gasteiger partial charge in [0, 0.05) is 10.0 Å². The van der Waals surface area contributed by atoms with Gasteiger partial charge >= 0.3 is 0 Å². The summed E-state index contributed by atoms with van der Waals surface area (Å²) in [5.41, 5.74) is 0.714. The zero-order chi connectivity index (χ0) is 11.4. The first-order valence-electron chi connectivity index (χ1n) is 4.44. The number of rotatable bonds is 4. The number of nitrogens with zero attached hydrogens (tertiary/aromatic N) is 2. The molecule has 0 saturated carbocycles. The lowest BCUT2D eigenvalue weighted by atomic mass is 10.2. The molecule has 3 nitrogen and oxygen atoms in total. The van der Waals surface area contributed by atoms with Gasteiger partial charge in [-0.3, -0.25) is 4.79 Å². The molecule has 1 aromatic heterocycles.